The normalized spacial score (nSPS) is 17.9. The Balaban J connectivity index is 1.71. The Morgan fingerprint density at radius 1 is 1.35 bits per heavy atom. The van der Waals surface area contributed by atoms with Crippen LogP contribution in [-0.4, -0.2) is 41.5 Å². The van der Waals surface area contributed by atoms with Gasteiger partial charge >= 0.3 is 5.97 Å². The van der Waals surface area contributed by atoms with Gasteiger partial charge in [0.05, 0.1) is 6.04 Å². The van der Waals surface area contributed by atoms with Crippen LogP contribution in [0.5, 0.6) is 0 Å². The number of carbonyl (C=O) groups is 2. The number of hydrogen-bond donors (Lipinski definition) is 1. The number of carboxylic acids is 1. The molecule has 0 saturated carbocycles. The van der Waals surface area contributed by atoms with Crippen LogP contribution in [0.25, 0.3) is 0 Å². The lowest BCUT2D eigenvalue weighted by atomic mass is 10.2. The molecule has 1 aromatic heterocycles. The van der Waals surface area contributed by atoms with Gasteiger partial charge < -0.3 is 10.0 Å². The Labute approximate surface area is 138 Å². The predicted octanol–water partition coefficient (Wildman–Crippen LogP) is 2.68. The summed E-state index contributed by atoms with van der Waals surface area (Å²) in [5.41, 5.74) is 1.67. The van der Waals surface area contributed by atoms with Gasteiger partial charge in [-0.05, 0) is 42.6 Å². The summed E-state index contributed by atoms with van der Waals surface area (Å²) in [4.78, 5) is 28.0. The molecule has 5 nitrogen and oxygen atoms in total. The number of thiophene rings is 1. The third kappa shape index (κ3) is 3.13. The van der Waals surface area contributed by atoms with Gasteiger partial charge in [0, 0.05) is 18.8 Å². The summed E-state index contributed by atoms with van der Waals surface area (Å²) in [6.45, 7) is 1.15. The van der Waals surface area contributed by atoms with E-state index in [-0.39, 0.29) is 11.9 Å². The van der Waals surface area contributed by atoms with Crippen LogP contribution in [0, 0.1) is 0 Å². The topological polar surface area (TPSA) is 60.9 Å². The van der Waals surface area contributed by atoms with Gasteiger partial charge in [0.15, 0.2) is 0 Å². The molecule has 120 valence electrons. The van der Waals surface area contributed by atoms with Crippen LogP contribution >= 0.6 is 11.3 Å². The maximum atomic E-state index is 12.7. The predicted molar refractivity (Wildman–Crippen MR) is 89.9 cm³/mol. The summed E-state index contributed by atoms with van der Waals surface area (Å²) in [5.74, 6) is -0.835. The highest BCUT2D eigenvalue weighted by Crippen LogP contribution is 2.26. The minimum Gasteiger partial charge on any atom is -0.477 e. The average molecular weight is 330 g/mol. The van der Waals surface area contributed by atoms with Gasteiger partial charge in [-0.15, -0.1) is 11.3 Å². The third-order valence-electron chi connectivity index (χ3n) is 4.14. The van der Waals surface area contributed by atoms with E-state index >= 15 is 0 Å². The lowest BCUT2D eigenvalue weighted by molar-refractivity contribution is -0.121. The Bertz CT molecular complexity index is 714. The fourth-order valence-corrected chi connectivity index (χ4v) is 3.72. The molecule has 0 spiro atoms. The molecule has 3 rings (SSSR count). The second-order valence-corrected chi connectivity index (χ2v) is 6.54. The summed E-state index contributed by atoms with van der Waals surface area (Å²) in [6, 6.07) is 11.2. The van der Waals surface area contributed by atoms with Crippen molar-refractivity contribution in [1.29, 1.82) is 0 Å². The van der Waals surface area contributed by atoms with E-state index in [1.807, 2.05) is 48.3 Å². The molecule has 1 amide bonds. The first-order chi connectivity index (χ1) is 11.1. The quantitative estimate of drug-likeness (QED) is 0.916. The highest BCUT2D eigenvalue weighted by Gasteiger charge is 2.35. The lowest BCUT2D eigenvalue weighted by Gasteiger charge is -2.23. The van der Waals surface area contributed by atoms with E-state index in [1.54, 1.807) is 10.3 Å². The number of benzene rings is 1. The molecule has 0 bridgehead atoms. The van der Waals surface area contributed by atoms with E-state index in [1.165, 1.54) is 11.3 Å². The zero-order valence-electron chi connectivity index (χ0n) is 12.8. The zero-order valence-corrected chi connectivity index (χ0v) is 13.6. The fraction of sp³-hybridized carbons (Fsp3) is 0.294. The molecule has 6 heteroatoms. The molecule has 0 aliphatic carbocycles. The van der Waals surface area contributed by atoms with Gasteiger partial charge in [0.1, 0.15) is 4.88 Å². The average Bonchev–Trinajstić information content (AvgIpc) is 3.14. The molecule has 1 aliphatic heterocycles. The smallest absolute Gasteiger partial charge is 0.346 e. The third-order valence-corrected chi connectivity index (χ3v) is 5.08. The first kappa shape index (κ1) is 15.7. The van der Waals surface area contributed by atoms with Gasteiger partial charge in [-0.1, -0.05) is 18.2 Å². The van der Waals surface area contributed by atoms with Crippen molar-refractivity contribution < 1.29 is 14.7 Å². The van der Waals surface area contributed by atoms with E-state index in [0.29, 0.717) is 18.0 Å². The number of rotatable bonds is 5. The number of amides is 1. The van der Waals surface area contributed by atoms with Gasteiger partial charge in [-0.2, -0.15) is 0 Å². The number of aromatic carboxylic acids is 1. The van der Waals surface area contributed by atoms with Crippen LogP contribution < -0.4 is 4.90 Å². The van der Waals surface area contributed by atoms with Crippen LogP contribution in [0.2, 0.25) is 0 Å². The molecular formula is C17H18N2O3S. The maximum absolute atomic E-state index is 12.7. The summed E-state index contributed by atoms with van der Waals surface area (Å²) in [6.07, 6.45) is 0.747. The van der Waals surface area contributed by atoms with Gasteiger partial charge in [0.2, 0.25) is 5.91 Å². The monoisotopic (exact) mass is 330 g/mol. The number of carboxylic acid groups (broad SMARTS) is 1. The van der Waals surface area contributed by atoms with Gasteiger partial charge in [0.25, 0.3) is 0 Å². The van der Waals surface area contributed by atoms with Crippen molar-refractivity contribution in [3.05, 3.63) is 52.2 Å². The van der Waals surface area contributed by atoms with Gasteiger partial charge in [-0.3, -0.25) is 9.69 Å². The SMILES string of the molecule is CN(Cc1ccsc1C(=O)O)C1CCN(c2ccccc2)C1=O. The highest BCUT2D eigenvalue weighted by atomic mass is 32.1. The minimum atomic E-state index is -0.910. The van der Waals surface area contributed by atoms with Crippen molar-refractivity contribution in [2.75, 3.05) is 18.5 Å². The fourth-order valence-electron chi connectivity index (χ4n) is 2.96. The Kier molecular flexibility index (Phi) is 4.45. The second kappa shape index (κ2) is 6.52. The van der Waals surface area contributed by atoms with Crippen molar-refractivity contribution in [3.63, 3.8) is 0 Å². The molecule has 1 atom stereocenters. The molecule has 2 aromatic rings. The number of likely N-dealkylation sites (N-methyl/N-ethyl adjacent to an activating group) is 1. The molecule has 2 heterocycles. The highest BCUT2D eigenvalue weighted by molar-refractivity contribution is 7.12. The number of carbonyl (C=O) groups excluding carboxylic acids is 1. The molecule has 1 aromatic carbocycles. The lowest BCUT2D eigenvalue weighted by Crippen LogP contribution is -2.39. The molecule has 1 N–H and O–H groups in total. The number of anilines is 1. The zero-order chi connectivity index (χ0) is 16.4. The molecule has 1 unspecified atom stereocenters. The molecule has 1 fully saturated rings. The molecule has 1 saturated heterocycles. The van der Waals surface area contributed by atoms with E-state index in [4.69, 9.17) is 0 Å². The van der Waals surface area contributed by atoms with Crippen LogP contribution in [0.3, 0.4) is 0 Å². The Morgan fingerprint density at radius 2 is 2.09 bits per heavy atom. The van der Waals surface area contributed by atoms with Crippen molar-refractivity contribution in [3.8, 4) is 0 Å². The van der Waals surface area contributed by atoms with Crippen molar-refractivity contribution in [2.24, 2.45) is 0 Å². The van der Waals surface area contributed by atoms with Crippen LogP contribution in [-0.2, 0) is 11.3 Å². The molecule has 23 heavy (non-hydrogen) atoms. The first-order valence-corrected chi connectivity index (χ1v) is 8.32. The second-order valence-electron chi connectivity index (χ2n) is 5.63. The summed E-state index contributed by atoms with van der Waals surface area (Å²) in [5, 5.41) is 11.0. The van der Waals surface area contributed by atoms with E-state index < -0.39 is 5.97 Å². The first-order valence-electron chi connectivity index (χ1n) is 7.44. The summed E-state index contributed by atoms with van der Waals surface area (Å²) >= 11 is 1.22. The van der Waals surface area contributed by atoms with E-state index in [0.717, 1.165) is 17.7 Å². The van der Waals surface area contributed by atoms with Gasteiger partial charge in [-0.25, -0.2) is 4.79 Å². The van der Waals surface area contributed by atoms with Crippen molar-refractivity contribution >= 4 is 28.9 Å². The number of hydrogen-bond acceptors (Lipinski definition) is 4. The standard InChI is InChI=1S/C17H18N2O3S/c1-18(11-12-8-10-23-15(12)17(21)22)14-7-9-19(16(14)20)13-5-3-2-4-6-13/h2-6,8,10,14H,7,9,11H2,1H3,(H,21,22). The molecule has 1 aliphatic rings. The van der Waals surface area contributed by atoms with Crippen LogP contribution in [0.15, 0.2) is 41.8 Å². The number of nitrogens with zero attached hydrogens (tertiary/aromatic N) is 2. The van der Waals surface area contributed by atoms with Crippen molar-refractivity contribution in [2.45, 2.75) is 19.0 Å². The maximum Gasteiger partial charge on any atom is 0.346 e. The Hall–Kier alpha value is -2.18. The van der Waals surface area contributed by atoms with Crippen molar-refractivity contribution in [1.82, 2.24) is 4.90 Å². The largest absolute Gasteiger partial charge is 0.477 e. The van der Waals surface area contributed by atoms with E-state index in [2.05, 4.69) is 0 Å². The van der Waals surface area contributed by atoms with Crippen LogP contribution in [0.1, 0.15) is 21.7 Å². The number of para-hydroxylation sites is 1. The Morgan fingerprint density at radius 3 is 2.78 bits per heavy atom. The summed E-state index contributed by atoms with van der Waals surface area (Å²) < 4.78 is 0. The van der Waals surface area contributed by atoms with E-state index in [9.17, 15) is 14.7 Å². The summed E-state index contributed by atoms with van der Waals surface area (Å²) in [7, 11) is 1.88. The molecular weight excluding hydrogens is 312 g/mol. The minimum absolute atomic E-state index is 0.0748. The molecule has 0 radical (unpaired) electrons. The van der Waals surface area contributed by atoms with Crippen LogP contribution in [0.4, 0.5) is 5.69 Å².